The Bertz CT molecular complexity index is 1800. The second-order valence-electron chi connectivity index (χ2n) is 14.4. The molecule has 1 aromatic heterocycles. The molecule has 10 nitrogen and oxygen atoms in total. The average Bonchev–Trinajstić information content (AvgIpc) is 3.87. The van der Waals surface area contributed by atoms with Crippen molar-refractivity contribution in [1.82, 2.24) is 14.6 Å². The lowest BCUT2D eigenvalue weighted by Gasteiger charge is -2.29. The Morgan fingerprint density at radius 1 is 1.06 bits per heavy atom. The van der Waals surface area contributed by atoms with Crippen LogP contribution in [0.25, 0.3) is 11.1 Å². The minimum atomic E-state index is -3.88. The van der Waals surface area contributed by atoms with Crippen LogP contribution < -0.4 is 9.46 Å². The Morgan fingerprint density at radius 2 is 1.83 bits per heavy atom. The van der Waals surface area contributed by atoms with E-state index in [1.54, 1.807) is 17.9 Å². The third-order valence-corrected chi connectivity index (χ3v) is 13.0. The van der Waals surface area contributed by atoms with Crippen molar-refractivity contribution in [2.75, 3.05) is 6.54 Å². The summed E-state index contributed by atoms with van der Waals surface area (Å²) in [6.07, 6.45) is 9.81. The molecule has 7 rings (SSSR count). The van der Waals surface area contributed by atoms with E-state index in [9.17, 15) is 22.8 Å². The van der Waals surface area contributed by atoms with Gasteiger partial charge in [0, 0.05) is 18.8 Å². The zero-order chi connectivity index (χ0) is 33.5. The van der Waals surface area contributed by atoms with E-state index in [2.05, 4.69) is 15.8 Å². The second kappa shape index (κ2) is 12.8. The number of sulfonamides is 1. The summed E-state index contributed by atoms with van der Waals surface area (Å²) in [5.74, 6) is -1.58. The van der Waals surface area contributed by atoms with Crippen LogP contribution in [0.2, 0.25) is 0 Å². The lowest BCUT2D eigenvalue weighted by Crippen LogP contribution is -2.47. The number of Topliss-reactive ketones (excluding diaryl/α,β-unsaturated/α-hetero) is 1. The van der Waals surface area contributed by atoms with Gasteiger partial charge in [-0.25, -0.2) is 8.42 Å². The highest BCUT2D eigenvalue weighted by molar-refractivity contribution is 7.91. The Hall–Kier alpha value is -3.99. The van der Waals surface area contributed by atoms with E-state index in [0.717, 1.165) is 31.2 Å². The molecule has 3 fully saturated rings. The molecule has 1 N–H and O–H groups in total. The van der Waals surface area contributed by atoms with Gasteiger partial charge in [-0.15, -0.1) is 0 Å². The molecule has 2 aliphatic heterocycles. The monoisotopic (exact) mass is 673 g/mol. The summed E-state index contributed by atoms with van der Waals surface area (Å²) in [7, 11) is -3.88. The summed E-state index contributed by atoms with van der Waals surface area (Å²) < 4.78 is 39.6. The summed E-state index contributed by atoms with van der Waals surface area (Å²) in [6.45, 7) is 1.81. The molecule has 1 saturated heterocycles. The summed E-state index contributed by atoms with van der Waals surface area (Å²) in [4.78, 5) is 48.7. The summed E-state index contributed by atoms with van der Waals surface area (Å²) in [5.41, 5.74) is 1.10. The molecule has 0 radical (unpaired) electrons. The number of hydrogen-bond acceptors (Lipinski definition) is 8. The number of nitrogens with one attached hydrogen (secondary N) is 1. The molecule has 3 aromatic rings. The van der Waals surface area contributed by atoms with Crippen molar-refractivity contribution in [3.63, 3.8) is 0 Å². The van der Waals surface area contributed by atoms with Crippen LogP contribution in [0.15, 0.2) is 71.2 Å². The standard InChI is InChI=1S/C37H43N3O7S/c1-36(18-19-36)48(44,45)39-34(43)37-22-27(37)15-9-4-2-3-8-14-26(20-25-12-6-5-7-13-25)33(42)40-24-28(21-30(40)31(41)23-37)46-35-38-29-16-10-11-17-32(29)47-35/h5-7,9-13,15-17,26-28,30H,2-4,8,14,18-24H2,1H3,(H,39,43)/b15-9-/t26-,27+,28-,30+,37-/m1/s1. The molecule has 0 spiro atoms. The van der Waals surface area contributed by atoms with Gasteiger partial charge >= 0.3 is 6.08 Å². The third-order valence-electron chi connectivity index (χ3n) is 10.8. The maximum atomic E-state index is 14.5. The number of benzene rings is 2. The van der Waals surface area contributed by atoms with E-state index < -0.39 is 38.2 Å². The Kier molecular flexibility index (Phi) is 8.68. The van der Waals surface area contributed by atoms with E-state index in [-0.39, 0.29) is 49.0 Å². The molecule has 11 heteroatoms. The lowest BCUT2D eigenvalue weighted by molar-refractivity contribution is -0.142. The molecule has 48 heavy (non-hydrogen) atoms. The van der Waals surface area contributed by atoms with Gasteiger partial charge in [-0.05, 0) is 75.5 Å². The van der Waals surface area contributed by atoms with Gasteiger partial charge in [0.1, 0.15) is 11.6 Å². The van der Waals surface area contributed by atoms with Gasteiger partial charge in [-0.1, -0.05) is 67.5 Å². The van der Waals surface area contributed by atoms with Gasteiger partial charge in [0.15, 0.2) is 11.4 Å². The van der Waals surface area contributed by atoms with Crippen LogP contribution in [0.3, 0.4) is 0 Å². The number of allylic oxidation sites excluding steroid dienone is 2. The van der Waals surface area contributed by atoms with Crippen molar-refractivity contribution in [2.45, 2.75) is 94.4 Å². The van der Waals surface area contributed by atoms with E-state index in [4.69, 9.17) is 9.15 Å². The van der Waals surface area contributed by atoms with Gasteiger partial charge in [0.25, 0.3) is 0 Å². The molecule has 2 saturated carbocycles. The number of ketones is 1. The molecule has 3 heterocycles. The first-order valence-electron chi connectivity index (χ1n) is 17.2. The average molecular weight is 674 g/mol. The Morgan fingerprint density at radius 3 is 2.60 bits per heavy atom. The Labute approximate surface area is 281 Å². The van der Waals surface area contributed by atoms with Crippen molar-refractivity contribution in [3.8, 4) is 6.08 Å². The molecule has 0 unspecified atom stereocenters. The molecular weight excluding hydrogens is 630 g/mol. The Balaban J connectivity index is 1.18. The highest BCUT2D eigenvalue weighted by Gasteiger charge is 2.62. The maximum absolute atomic E-state index is 14.5. The summed E-state index contributed by atoms with van der Waals surface area (Å²) in [6, 6.07) is 16.4. The number of oxazole rings is 1. The summed E-state index contributed by atoms with van der Waals surface area (Å²) in [5, 5.41) is 0. The van der Waals surface area contributed by atoms with E-state index >= 15 is 0 Å². The van der Waals surface area contributed by atoms with E-state index in [1.807, 2.05) is 54.6 Å². The van der Waals surface area contributed by atoms with Gasteiger partial charge < -0.3 is 14.1 Å². The van der Waals surface area contributed by atoms with Crippen molar-refractivity contribution in [3.05, 3.63) is 72.3 Å². The first-order valence-corrected chi connectivity index (χ1v) is 18.7. The predicted octanol–water partition coefficient (Wildman–Crippen LogP) is 5.52. The SMILES string of the molecule is CC1(S(=O)(=O)NC(=O)[C@]23CC(=O)[C@@H]4C[C@@H](Oc5nc6ccccc6o5)CN4C(=O)[C@@H](Cc4ccccc4)CCCCC/C=C\[C@H]2C3)CC1. The smallest absolute Gasteiger partial charge is 0.394 e. The van der Waals surface area contributed by atoms with Crippen molar-refractivity contribution < 1.29 is 32.0 Å². The number of fused-ring (bicyclic) bond motifs is 3. The fourth-order valence-electron chi connectivity index (χ4n) is 7.36. The second-order valence-corrected chi connectivity index (χ2v) is 16.6. The van der Waals surface area contributed by atoms with Gasteiger partial charge in [-0.2, -0.15) is 4.98 Å². The number of rotatable bonds is 7. The molecule has 4 aliphatic rings. The highest BCUT2D eigenvalue weighted by atomic mass is 32.2. The fourth-order valence-corrected chi connectivity index (χ4v) is 8.70. The zero-order valence-corrected chi connectivity index (χ0v) is 28.1. The number of para-hydroxylation sites is 2. The van der Waals surface area contributed by atoms with Crippen LogP contribution in [-0.4, -0.2) is 59.3 Å². The third kappa shape index (κ3) is 6.53. The van der Waals surface area contributed by atoms with E-state index in [0.29, 0.717) is 43.2 Å². The quantitative estimate of drug-likeness (QED) is 0.324. The molecule has 2 aliphatic carbocycles. The molecule has 254 valence electrons. The normalized spacial score (nSPS) is 29.6. The fraction of sp³-hybridized carbons (Fsp3) is 0.514. The zero-order valence-electron chi connectivity index (χ0n) is 27.3. The van der Waals surface area contributed by atoms with Crippen LogP contribution in [0, 0.1) is 17.3 Å². The number of ether oxygens (including phenoxy) is 1. The largest absolute Gasteiger partial charge is 0.445 e. The van der Waals surface area contributed by atoms with Crippen LogP contribution in [0.1, 0.15) is 76.7 Å². The van der Waals surface area contributed by atoms with Crippen LogP contribution in [0.4, 0.5) is 0 Å². The minimum absolute atomic E-state index is 0.0756. The predicted molar refractivity (Wildman–Crippen MR) is 179 cm³/mol. The first-order chi connectivity index (χ1) is 23.1. The van der Waals surface area contributed by atoms with Crippen molar-refractivity contribution in [1.29, 1.82) is 0 Å². The number of hydrogen-bond donors (Lipinski definition) is 1. The van der Waals surface area contributed by atoms with Crippen LogP contribution >= 0.6 is 0 Å². The first kappa shape index (κ1) is 32.6. The van der Waals surface area contributed by atoms with E-state index in [1.165, 1.54) is 0 Å². The van der Waals surface area contributed by atoms with Gasteiger partial charge in [0.2, 0.25) is 21.8 Å². The van der Waals surface area contributed by atoms with Gasteiger partial charge in [-0.3, -0.25) is 19.1 Å². The maximum Gasteiger partial charge on any atom is 0.394 e. The van der Waals surface area contributed by atoms with Gasteiger partial charge in [0.05, 0.1) is 22.7 Å². The number of aromatic nitrogens is 1. The topological polar surface area (TPSA) is 136 Å². The molecule has 0 bridgehead atoms. The number of carbonyl (C=O) groups excluding carboxylic acids is 3. The summed E-state index contributed by atoms with van der Waals surface area (Å²) >= 11 is 0. The van der Waals surface area contributed by atoms with Crippen LogP contribution in [-0.2, 0) is 30.8 Å². The van der Waals surface area contributed by atoms with Crippen molar-refractivity contribution >= 4 is 38.7 Å². The molecule has 2 aromatic carbocycles. The number of amides is 2. The number of carbonyl (C=O) groups is 3. The molecule has 5 atom stereocenters. The minimum Gasteiger partial charge on any atom is -0.445 e. The highest BCUT2D eigenvalue weighted by Crippen LogP contribution is 2.57. The molecular formula is C37H43N3O7S. The van der Waals surface area contributed by atoms with Crippen molar-refractivity contribution in [2.24, 2.45) is 17.3 Å². The molecule has 2 amide bonds. The lowest BCUT2D eigenvalue weighted by atomic mass is 9.90. The number of nitrogens with zero attached hydrogens (tertiary/aromatic N) is 2. The van der Waals surface area contributed by atoms with Crippen LogP contribution in [0.5, 0.6) is 6.08 Å².